The molecule has 1 spiro atoms. The molecular weight excluding hydrogens is 360 g/mol. The highest BCUT2D eigenvalue weighted by Gasteiger charge is 2.50. The molecule has 2 fully saturated rings. The number of urea groups is 1. The van der Waals surface area contributed by atoms with Crippen molar-refractivity contribution in [2.45, 2.75) is 57.0 Å². The van der Waals surface area contributed by atoms with Gasteiger partial charge < -0.3 is 5.32 Å². The lowest BCUT2D eigenvalue weighted by Gasteiger charge is -2.28. The number of amides is 3. The van der Waals surface area contributed by atoms with Gasteiger partial charge in [-0.2, -0.15) is 0 Å². The van der Waals surface area contributed by atoms with E-state index in [1.807, 2.05) is 30.1 Å². The van der Waals surface area contributed by atoms with Gasteiger partial charge in [-0.1, -0.05) is 37.8 Å². The van der Waals surface area contributed by atoms with Crippen molar-refractivity contribution >= 4 is 33.5 Å². The molecule has 2 aliphatic rings. The van der Waals surface area contributed by atoms with Gasteiger partial charge in [0, 0.05) is 0 Å². The molecule has 0 unspecified atom stereocenters. The fourth-order valence-corrected chi connectivity index (χ4v) is 5.16. The second kappa shape index (κ2) is 7.20. The van der Waals surface area contributed by atoms with Crippen LogP contribution < -0.4 is 5.32 Å². The minimum atomic E-state index is -0.673. The number of fused-ring (bicyclic) bond motifs is 1. The maximum absolute atomic E-state index is 13.1. The first-order valence-corrected chi connectivity index (χ1v) is 10.5. The third-order valence-corrected chi connectivity index (χ3v) is 7.10. The zero-order chi connectivity index (χ0) is 19.0. The maximum Gasteiger partial charge on any atom is 0.326 e. The van der Waals surface area contributed by atoms with Crippen molar-refractivity contribution < 1.29 is 9.59 Å². The zero-order valence-electron chi connectivity index (χ0n) is 15.9. The van der Waals surface area contributed by atoms with Gasteiger partial charge >= 0.3 is 6.03 Å². The number of imide groups is 1. The lowest BCUT2D eigenvalue weighted by molar-refractivity contribution is -0.133. The van der Waals surface area contributed by atoms with E-state index in [9.17, 15) is 9.59 Å². The van der Waals surface area contributed by atoms with Crippen LogP contribution in [0.4, 0.5) is 4.79 Å². The number of nitrogens with zero attached hydrogens (tertiary/aromatic N) is 3. The van der Waals surface area contributed by atoms with Crippen LogP contribution >= 0.6 is 11.3 Å². The van der Waals surface area contributed by atoms with Crippen molar-refractivity contribution in [1.29, 1.82) is 0 Å². The van der Waals surface area contributed by atoms with Crippen LogP contribution in [-0.4, -0.2) is 46.0 Å². The van der Waals surface area contributed by atoms with E-state index < -0.39 is 5.54 Å². The number of carbonyl (C=O) groups excluding carboxylic acids is 2. The lowest BCUT2D eigenvalue weighted by atomic mass is 9.90. The Bertz CT molecular complexity index is 824. The third kappa shape index (κ3) is 3.34. The normalized spacial score (nSPS) is 21.1. The van der Waals surface area contributed by atoms with Crippen molar-refractivity contribution in [3.63, 3.8) is 0 Å². The van der Waals surface area contributed by atoms with Crippen molar-refractivity contribution in [3.8, 4) is 0 Å². The highest BCUT2D eigenvalue weighted by atomic mass is 32.1. The predicted octanol–water partition coefficient (Wildman–Crippen LogP) is 3.89. The second-order valence-corrected chi connectivity index (χ2v) is 8.82. The summed E-state index contributed by atoms with van der Waals surface area (Å²) in [5.74, 6) is -0.0576. The van der Waals surface area contributed by atoms with Crippen molar-refractivity contribution in [3.05, 3.63) is 29.3 Å². The Balaban J connectivity index is 1.49. The molecule has 1 aromatic heterocycles. The molecule has 1 saturated carbocycles. The fraction of sp³-hybridized carbons (Fsp3) is 0.550. The molecule has 27 heavy (non-hydrogen) atoms. The smallest absolute Gasteiger partial charge is 0.323 e. The van der Waals surface area contributed by atoms with Crippen molar-refractivity contribution in [2.75, 3.05) is 13.7 Å². The summed E-state index contributed by atoms with van der Waals surface area (Å²) in [5.41, 5.74) is 0.318. The lowest BCUT2D eigenvalue weighted by Crippen LogP contribution is -2.47. The van der Waals surface area contributed by atoms with Gasteiger partial charge in [0.05, 0.1) is 22.9 Å². The van der Waals surface area contributed by atoms with Gasteiger partial charge in [0.15, 0.2) is 0 Å². The summed E-state index contributed by atoms with van der Waals surface area (Å²) in [7, 11) is 1.94. The van der Waals surface area contributed by atoms with Gasteiger partial charge in [0.2, 0.25) is 0 Å². The van der Waals surface area contributed by atoms with Gasteiger partial charge in [0.1, 0.15) is 10.5 Å². The number of aromatic nitrogens is 1. The number of rotatable bonds is 4. The number of thiazole rings is 1. The molecular formula is C20H26N4O2S. The highest BCUT2D eigenvalue weighted by Crippen LogP contribution is 2.34. The SMILES string of the molecule is C[C@@H](c1nc2ccccc2s1)N(C)CN1C(=O)NC2(CCCCCC2)C1=O. The number of carbonyl (C=O) groups is 2. The van der Waals surface area contributed by atoms with E-state index in [0.29, 0.717) is 0 Å². The molecule has 2 heterocycles. The van der Waals surface area contributed by atoms with E-state index in [4.69, 9.17) is 4.98 Å². The second-order valence-electron chi connectivity index (χ2n) is 7.75. The molecule has 1 aliphatic heterocycles. The number of benzene rings is 1. The molecule has 7 heteroatoms. The molecule has 2 aromatic rings. The van der Waals surface area contributed by atoms with Gasteiger partial charge in [-0.05, 0) is 38.9 Å². The van der Waals surface area contributed by atoms with E-state index in [2.05, 4.69) is 18.3 Å². The monoisotopic (exact) mass is 386 g/mol. The average molecular weight is 387 g/mol. The first-order chi connectivity index (χ1) is 13.0. The minimum absolute atomic E-state index is 0.0219. The summed E-state index contributed by atoms with van der Waals surface area (Å²) >= 11 is 1.66. The number of para-hydroxylation sites is 1. The summed E-state index contributed by atoms with van der Waals surface area (Å²) in [6.07, 6.45) is 5.78. The minimum Gasteiger partial charge on any atom is -0.323 e. The Labute approximate surface area is 163 Å². The standard InChI is InChI=1S/C20H26N4O2S/c1-14(17-21-15-9-5-6-10-16(15)27-17)23(2)13-24-18(25)20(22-19(24)26)11-7-3-4-8-12-20/h5-6,9-10,14H,3-4,7-8,11-13H2,1-2H3,(H,22,26)/t14-/m0/s1. The molecule has 1 saturated heterocycles. The van der Waals surface area contributed by atoms with E-state index >= 15 is 0 Å². The zero-order valence-corrected chi connectivity index (χ0v) is 16.7. The third-order valence-electron chi connectivity index (χ3n) is 5.90. The van der Waals surface area contributed by atoms with Crippen LogP contribution in [0.2, 0.25) is 0 Å². The van der Waals surface area contributed by atoms with Crippen molar-refractivity contribution in [2.24, 2.45) is 0 Å². The molecule has 1 atom stereocenters. The highest BCUT2D eigenvalue weighted by molar-refractivity contribution is 7.18. The largest absolute Gasteiger partial charge is 0.326 e. The van der Waals surface area contributed by atoms with Crippen LogP contribution in [-0.2, 0) is 4.79 Å². The number of hydrogen-bond donors (Lipinski definition) is 1. The molecule has 144 valence electrons. The quantitative estimate of drug-likeness (QED) is 0.810. The molecule has 6 nitrogen and oxygen atoms in total. The van der Waals surface area contributed by atoms with Gasteiger partial charge in [-0.25, -0.2) is 14.7 Å². The summed E-state index contributed by atoms with van der Waals surface area (Å²) in [5, 5.41) is 4.01. The number of nitrogens with one attached hydrogen (secondary N) is 1. The molecule has 1 aromatic carbocycles. The summed E-state index contributed by atoms with van der Waals surface area (Å²) in [6.45, 7) is 2.35. The fourth-order valence-electron chi connectivity index (χ4n) is 4.08. The van der Waals surface area contributed by atoms with Crippen LogP contribution in [0.3, 0.4) is 0 Å². The molecule has 4 rings (SSSR count). The first kappa shape index (κ1) is 18.4. The van der Waals surface area contributed by atoms with Crippen LogP contribution in [0, 0.1) is 0 Å². The van der Waals surface area contributed by atoms with Gasteiger partial charge in [0.25, 0.3) is 5.91 Å². The topological polar surface area (TPSA) is 65.5 Å². The average Bonchev–Trinajstić information content (AvgIpc) is 3.08. The van der Waals surface area contributed by atoms with E-state index in [1.165, 1.54) is 4.90 Å². The summed E-state index contributed by atoms with van der Waals surface area (Å²) in [6, 6.07) is 7.84. The van der Waals surface area contributed by atoms with E-state index in [-0.39, 0.29) is 24.6 Å². The molecule has 1 aliphatic carbocycles. The van der Waals surface area contributed by atoms with Crippen LogP contribution in [0.15, 0.2) is 24.3 Å². The van der Waals surface area contributed by atoms with Crippen LogP contribution in [0.1, 0.15) is 56.5 Å². The Morgan fingerprint density at radius 3 is 2.63 bits per heavy atom. The molecule has 1 N–H and O–H groups in total. The molecule has 3 amide bonds. The van der Waals surface area contributed by atoms with E-state index in [0.717, 1.165) is 53.7 Å². The summed E-state index contributed by atoms with van der Waals surface area (Å²) < 4.78 is 1.15. The maximum atomic E-state index is 13.1. The van der Waals surface area contributed by atoms with Crippen molar-refractivity contribution in [1.82, 2.24) is 20.1 Å². The van der Waals surface area contributed by atoms with Gasteiger partial charge in [-0.3, -0.25) is 9.69 Å². The molecule has 0 radical (unpaired) electrons. The summed E-state index contributed by atoms with van der Waals surface area (Å²) in [4.78, 5) is 33.8. The van der Waals surface area contributed by atoms with E-state index in [1.54, 1.807) is 11.3 Å². The Morgan fingerprint density at radius 1 is 1.22 bits per heavy atom. The first-order valence-electron chi connectivity index (χ1n) is 9.70. The number of hydrogen-bond acceptors (Lipinski definition) is 5. The Kier molecular flexibility index (Phi) is 4.90. The predicted molar refractivity (Wildman–Crippen MR) is 106 cm³/mol. The van der Waals surface area contributed by atoms with Crippen LogP contribution in [0.5, 0.6) is 0 Å². The Morgan fingerprint density at radius 2 is 1.93 bits per heavy atom. The Hall–Kier alpha value is -1.99. The van der Waals surface area contributed by atoms with Gasteiger partial charge in [-0.15, -0.1) is 11.3 Å². The van der Waals surface area contributed by atoms with Crippen LogP contribution in [0.25, 0.3) is 10.2 Å². The molecule has 0 bridgehead atoms.